The summed E-state index contributed by atoms with van der Waals surface area (Å²) in [6.45, 7) is 5.77. The average molecular weight is 452 g/mol. The Hall–Kier alpha value is -2.33. The summed E-state index contributed by atoms with van der Waals surface area (Å²) < 4.78 is 53.5. The van der Waals surface area contributed by atoms with Gasteiger partial charge in [-0.2, -0.15) is 4.31 Å². The van der Waals surface area contributed by atoms with Gasteiger partial charge in [0, 0.05) is 45.3 Å². The molecule has 4 rings (SSSR count). The molecule has 0 amide bonds. The second kappa shape index (κ2) is 9.04. The van der Waals surface area contributed by atoms with E-state index in [1.807, 2.05) is 17.0 Å². The Bertz CT molecular complexity index is 983. The quantitative estimate of drug-likeness (QED) is 0.696. The summed E-state index contributed by atoms with van der Waals surface area (Å²) in [7, 11) is -3.67. The molecule has 31 heavy (non-hydrogen) atoms. The molecular formula is C21H27F2N5O2S. The van der Waals surface area contributed by atoms with Gasteiger partial charge in [0.15, 0.2) is 11.6 Å². The highest BCUT2D eigenvalue weighted by molar-refractivity contribution is 7.88. The van der Waals surface area contributed by atoms with Gasteiger partial charge in [0.05, 0.1) is 5.75 Å². The van der Waals surface area contributed by atoms with Crippen molar-refractivity contribution in [3.05, 3.63) is 47.5 Å². The molecular weight excluding hydrogens is 424 g/mol. The largest absolute Gasteiger partial charge is 0.355 e. The third-order valence-electron chi connectivity index (χ3n) is 5.97. The Balaban J connectivity index is 1.34. The van der Waals surface area contributed by atoms with E-state index >= 15 is 0 Å². The van der Waals surface area contributed by atoms with Crippen LogP contribution in [0.2, 0.25) is 0 Å². The number of sulfonamides is 1. The lowest BCUT2D eigenvalue weighted by atomic mass is 9.99. The molecule has 2 saturated heterocycles. The summed E-state index contributed by atoms with van der Waals surface area (Å²) >= 11 is 0. The van der Waals surface area contributed by atoms with Crippen LogP contribution < -0.4 is 9.80 Å². The second-order valence-corrected chi connectivity index (χ2v) is 10.3. The number of benzene rings is 1. The fraction of sp³-hybridized carbons (Fsp3) is 0.524. The number of piperazine rings is 1. The van der Waals surface area contributed by atoms with E-state index in [-0.39, 0.29) is 18.7 Å². The predicted octanol–water partition coefficient (Wildman–Crippen LogP) is 2.64. The maximum absolute atomic E-state index is 13.4. The molecule has 1 aromatic carbocycles. The molecule has 0 spiro atoms. The van der Waals surface area contributed by atoms with Gasteiger partial charge in [-0.1, -0.05) is 6.92 Å². The maximum atomic E-state index is 13.4. The highest BCUT2D eigenvalue weighted by atomic mass is 32.2. The monoisotopic (exact) mass is 451 g/mol. The number of piperidine rings is 1. The van der Waals surface area contributed by atoms with Gasteiger partial charge in [-0.3, -0.25) is 0 Å². The standard InChI is InChI=1S/C21H27F2N5O2S/c1-16-4-6-26(7-5-16)20-2-3-21(25-24-20)27-8-10-28(11-9-27)31(29,30)15-17-12-18(22)14-19(23)13-17/h2-3,12-14,16H,4-11,15H2,1H3. The molecule has 0 atom stereocenters. The van der Waals surface area contributed by atoms with Gasteiger partial charge >= 0.3 is 0 Å². The number of nitrogens with zero attached hydrogens (tertiary/aromatic N) is 5. The minimum absolute atomic E-state index is 0.105. The molecule has 0 radical (unpaired) electrons. The zero-order valence-electron chi connectivity index (χ0n) is 17.5. The van der Waals surface area contributed by atoms with Crippen molar-refractivity contribution in [2.75, 3.05) is 49.1 Å². The lowest BCUT2D eigenvalue weighted by molar-refractivity contribution is 0.383. The molecule has 0 saturated carbocycles. The molecule has 3 heterocycles. The molecule has 10 heteroatoms. The summed E-state index contributed by atoms with van der Waals surface area (Å²) in [4.78, 5) is 4.25. The Labute approximate surface area is 181 Å². The van der Waals surface area contributed by atoms with Crippen LogP contribution in [0.4, 0.5) is 20.4 Å². The van der Waals surface area contributed by atoms with Crippen molar-refractivity contribution in [1.82, 2.24) is 14.5 Å². The van der Waals surface area contributed by atoms with E-state index in [0.717, 1.165) is 61.7 Å². The van der Waals surface area contributed by atoms with Crippen LogP contribution in [0.3, 0.4) is 0 Å². The van der Waals surface area contributed by atoms with E-state index in [1.165, 1.54) is 4.31 Å². The highest BCUT2D eigenvalue weighted by Gasteiger charge is 2.28. The first-order chi connectivity index (χ1) is 14.8. The Kier molecular flexibility index (Phi) is 6.38. The van der Waals surface area contributed by atoms with Crippen LogP contribution in [0.25, 0.3) is 0 Å². The van der Waals surface area contributed by atoms with Gasteiger partial charge in [-0.15, -0.1) is 10.2 Å². The van der Waals surface area contributed by atoms with Crippen molar-refractivity contribution in [3.63, 3.8) is 0 Å². The van der Waals surface area contributed by atoms with E-state index in [2.05, 4.69) is 22.0 Å². The van der Waals surface area contributed by atoms with Crippen LogP contribution in [-0.2, 0) is 15.8 Å². The number of hydrogen-bond donors (Lipinski definition) is 0. The molecule has 1 aromatic heterocycles. The van der Waals surface area contributed by atoms with Crippen molar-refractivity contribution in [2.24, 2.45) is 5.92 Å². The van der Waals surface area contributed by atoms with Crippen molar-refractivity contribution in [3.8, 4) is 0 Å². The Morgan fingerprint density at radius 2 is 1.39 bits per heavy atom. The molecule has 0 unspecified atom stereocenters. The fourth-order valence-electron chi connectivity index (χ4n) is 4.08. The zero-order chi connectivity index (χ0) is 22.0. The second-order valence-electron chi connectivity index (χ2n) is 8.34. The molecule has 0 bridgehead atoms. The van der Waals surface area contributed by atoms with Crippen LogP contribution >= 0.6 is 0 Å². The first kappa shape index (κ1) is 21.9. The fourth-order valence-corrected chi connectivity index (χ4v) is 5.57. The van der Waals surface area contributed by atoms with Crippen LogP contribution in [-0.4, -0.2) is 62.2 Å². The number of aromatic nitrogens is 2. The van der Waals surface area contributed by atoms with Gasteiger partial charge in [0.1, 0.15) is 11.6 Å². The average Bonchev–Trinajstić information content (AvgIpc) is 2.73. The normalized spacial score (nSPS) is 19.1. The summed E-state index contributed by atoms with van der Waals surface area (Å²) in [5.74, 6) is 0.353. The first-order valence-corrected chi connectivity index (χ1v) is 12.2. The molecule has 2 aliphatic rings. The van der Waals surface area contributed by atoms with Gasteiger partial charge < -0.3 is 9.80 Å². The lowest BCUT2D eigenvalue weighted by Gasteiger charge is -2.35. The van der Waals surface area contributed by atoms with Crippen molar-refractivity contribution >= 4 is 21.7 Å². The maximum Gasteiger partial charge on any atom is 0.218 e. The van der Waals surface area contributed by atoms with E-state index in [9.17, 15) is 17.2 Å². The van der Waals surface area contributed by atoms with Crippen molar-refractivity contribution in [1.29, 1.82) is 0 Å². The van der Waals surface area contributed by atoms with Gasteiger partial charge in [-0.25, -0.2) is 17.2 Å². The molecule has 168 valence electrons. The Morgan fingerprint density at radius 3 is 1.90 bits per heavy atom. The van der Waals surface area contributed by atoms with Gasteiger partial charge in [0.25, 0.3) is 0 Å². The van der Waals surface area contributed by atoms with Gasteiger partial charge in [-0.05, 0) is 48.6 Å². The zero-order valence-corrected chi connectivity index (χ0v) is 18.4. The smallest absolute Gasteiger partial charge is 0.218 e. The number of rotatable bonds is 5. The molecule has 0 aliphatic carbocycles. The predicted molar refractivity (Wildman–Crippen MR) is 115 cm³/mol. The topological polar surface area (TPSA) is 69.6 Å². The van der Waals surface area contributed by atoms with E-state index < -0.39 is 27.4 Å². The summed E-state index contributed by atoms with van der Waals surface area (Å²) in [6, 6.07) is 6.74. The SMILES string of the molecule is CC1CCN(c2ccc(N3CCN(S(=O)(=O)Cc4cc(F)cc(F)c4)CC3)nn2)CC1. The number of halogens is 2. The molecule has 2 aliphatic heterocycles. The minimum Gasteiger partial charge on any atom is -0.355 e. The number of anilines is 2. The highest BCUT2D eigenvalue weighted by Crippen LogP contribution is 2.23. The third-order valence-corrected chi connectivity index (χ3v) is 7.82. The molecule has 0 N–H and O–H groups in total. The van der Waals surface area contributed by atoms with Crippen LogP contribution in [0.5, 0.6) is 0 Å². The summed E-state index contributed by atoms with van der Waals surface area (Å²) in [5, 5.41) is 8.73. The molecule has 2 aromatic rings. The van der Waals surface area contributed by atoms with E-state index in [4.69, 9.17) is 0 Å². The molecule has 7 nitrogen and oxygen atoms in total. The lowest BCUT2D eigenvalue weighted by Crippen LogP contribution is -2.49. The number of hydrogen-bond acceptors (Lipinski definition) is 6. The third kappa shape index (κ3) is 5.30. The van der Waals surface area contributed by atoms with Gasteiger partial charge in [0.2, 0.25) is 10.0 Å². The van der Waals surface area contributed by atoms with E-state index in [1.54, 1.807) is 0 Å². The van der Waals surface area contributed by atoms with Crippen molar-refractivity contribution in [2.45, 2.75) is 25.5 Å². The summed E-state index contributed by atoms with van der Waals surface area (Å²) in [6.07, 6.45) is 2.31. The molecule has 2 fully saturated rings. The van der Waals surface area contributed by atoms with Crippen LogP contribution in [0, 0.1) is 17.6 Å². The van der Waals surface area contributed by atoms with Crippen LogP contribution in [0.15, 0.2) is 30.3 Å². The first-order valence-electron chi connectivity index (χ1n) is 10.6. The minimum atomic E-state index is -3.67. The van der Waals surface area contributed by atoms with Crippen molar-refractivity contribution < 1.29 is 17.2 Å². The van der Waals surface area contributed by atoms with Crippen LogP contribution in [0.1, 0.15) is 25.3 Å². The summed E-state index contributed by atoms with van der Waals surface area (Å²) in [5.41, 5.74) is 0.105. The Morgan fingerprint density at radius 1 is 0.871 bits per heavy atom. The van der Waals surface area contributed by atoms with E-state index in [0.29, 0.717) is 13.1 Å².